The zero-order valence-electron chi connectivity index (χ0n) is 13.8. The van der Waals surface area contributed by atoms with E-state index >= 15 is 0 Å². The largest absolute Gasteiger partial charge is 0.480 e. The van der Waals surface area contributed by atoms with Crippen LogP contribution in [0.2, 0.25) is 0 Å². The summed E-state index contributed by atoms with van der Waals surface area (Å²) >= 11 is 0. The van der Waals surface area contributed by atoms with E-state index in [0.717, 1.165) is 25.8 Å². The van der Waals surface area contributed by atoms with E-state index in [1.54, 1.807) is 0 Å². The van der Waals surface area contributed by atoms with E-state index in [1.165, 1.54) is 10.5 Å². The molecule has 1 heterocycles. The number of fused-ring (bicyclic) bond motifs is 1. The highest BCUT2D eigenvalue weighted by Crippen LogP contribution is 2.62. The third-order valence-electron chi connectivity index (χ3n) is 6.08. The summed E-state index contributed by atoms with van der Waals surface area (Å²) in [7, 11) is 0. The molecule has 1 saturated heterocycles. The number of aliphatic carboxylic acids is 1. The van der Waals surface area contributed by atoms with E-state index in [-0.39, 0.29) is 29.7 Å². The van der Waals surface area contributed by atoms with Gasteiger partial charge in [0.25, 0.3) is 0 Å². The van der Waals surface area contributed by atoms with Crippen molar-refractivity contribution < 1.29 is 14.7 Å². The van der Waals surface area contributed by atoms with Gasteiger partial charge in [-0.3, -0.25) is 4.79 Å². The highest BCUT2D eigenvalue weighted by Gasteiger charge is 2.75. The molecule has 4 rings (SSSR count). The Morgan fingerprint density at radius 2 is 2.12 bits per heavy atom. The maximum Gasteiger partial charge on any atom is 0.323 e. The lowest BCUT2D eigenvalue weighted by Crippen LogP contribution is -2.50. The van der Waals surface area contributed by atoms with Crippen molar-refractivity contribution in [1.82, 2.24) is 15.5 Å². The van der Waals surface area contributed by atoms with Gasteiger partial charge in [-0.2, -0.15) is 0 Å². The minimum absolute atomic E-state index is 0.0188. The first-order valence-corrected chi connectivity index (χ1v) is 8.63. The molecule has 2 saturated carbocycles. The number of carbonyl (C=O) groups excluding carboxylic acids is 1. The van der Waals surface area contributed by atoms with E-state index in [1.807, 2.05) is 6.07 Å². The molecule has 0 radical (unpaired) electrons. The molecule has 4 atom stereocenters. The monoisotopic (exact) mass is 329 g/mol. The van der Waals surface area contributed by atoms with Crippen molar-refractivity contribution in [2.75, 3.05) is 13.1 Å². The van der Waals surface area contributed by atoms with Crippen molar-refractivity contribution in [2.24, 2.45) is 5.92 Å². The Morgan fingerprint density at radius 3 is 2.79 bits per heavy atom. The summed E-state index contributed by atoms with van der Waals surface area (Å²) in [4.78, 5) is 24.7. The molecule has 1 spiro atoms. The van der Waals surface area contributed by atoms with Gasteiger partial charge in [0, 0.05) is 11.5 Å². The standard InChI is InChI=1S/C18H23N3O3/c1-2-19-17(12-6-4-3-5-7-12)8-9-18-13(10-17)15(18)21(11-14(22)23)16(24)20-18/h3-7,13,15,19H,2,8-11H2,1H3,(H,20,24)(H,22,23)/t13?,15?,17-,18-/m1/s1. The highest BCUT2D eigenvalue weighted by molar-refractivity contribution is 5.85. The van der Waals surface area contributed by atoms with Crippen molar-refractivity contribution in [3.8, 4) is 0 Å². The maximum absolute atomic E-state index is 12.1. The average molecular weight is 329 g/mol. The second kappa shape index (κ2) is 5.21. The molecule has 3 aliphatic rings. The van der Waals surface area contributed by atoms with Crippen LogP contribution < -0.4 is 10.6 Å². The SMILES string of the molecule is CCN[C@]1(c2ccccc2)CC[C@]23NC(=O)N(CC(=O)O)C2C3C1. The number of hydrogen-bond acceptors (Lipinski definition) is 3. The Bertz CT molecular complexity index is 679. The van der Waals surface area contributed by atoms with Gasteiger partial charge in [0.15, 0.2) is 0 Å². The Kier molecular flexibility index (Phi) is 3.35. The fraction of sp³-hybridized carbons (Fsp3) is 0.556. The summed E-state index contributed by atoms with van der Waals surface area (Å²) in [5.74, 6) is -0.644. The number of benzene rings is 1. The molecule has 6 nitrogen and oxygen atoms in total. The van der Waals surface area contributed by atoms with Gasteiger partial charge in [-0.1, -0.05) is 37.3 Å². The second-order valence-electron chi connectivity index (χ2n) is 7.23. The highest BCUT2D eigenvalue weighted by atomic mass is 16.4. The lowest BCUT2D eigenvalue weighted by Gasteiger charge is -2.41. The lowest BCUT2D eigenvalue weighted by molar-refractivity contribution is -0.137. The first-order valence-electron chi connectivity index (χ1n) is 8.63. The van der Waals surface area contributed by atoms with Crippen LogP contribution in [0.3, 0.4) is 0 Å². The smallest absolute Gasteiger partial charge is 0.323 e. The summed E-state index contributed by atoms with van der Waals surface area (Å²) < 4.78 is 0. The molecule has 3 fully saturated rings. The minimum atomic E-state index is -0.952. The van der Waals surface area contributed by atoms with Crippen LogP contribution >= 0.6 is 0 Å². The Balaban J connectivity index is 1.60. The number of urea groups is 1. The van der Waals surface area contributed by atoms with Gasteiger partial charge in [0.1, 0.15) is 6.54 Å². The number of rotatable bonds is 5. The lowest BCUT2D eigenvalue weighted by atomic mass is 9.75. The average Bonchev–Trinajstić information content (AvgIpc) is 3.10. The van der Waals surface area contributed by atoms with Gasteiger partial charge >= 0.3 is 12.0 Å². The predicted octanol–water partition coefficient (Wildman–Crippen LogP) is 1.52. The van der Waals surface area contributed by atoms with Crippen LogP contribution in [-0.2, 0) is 10.3 Å². The molecular formula is C18H23N3O3. The number of hydrogen-bond donors (Lipinski definition) is 3. The summed E-state index contributed by atoms with van der Waals surface area (Å²) in [6.07, 6.45) is 2.75. The van der Waals surface area contributed by atoms with Crippen molar-refractivity contribution in [2.45, 2.75) is 43.3 Å². The number of nitrogens with one attached hydrogen (secondary N) is 2. The quantitative estimate of drug-likeness (QED) is 0.765. The van der Waals surface area contributed by atoms with Crippen molar-refractivity contribution in [1.29, 1.82) is 0 Å². The Hall–Kier alpha value is -2.08. The van der Waals surface area contributed by atoms with Crippen LogP contribution in [0.15, 0.2) is 30.3 Å². The topological polar surface area (TPSA) is 81.7 Å². The summed E-state index contributed by atoms with van der Waals surface area (Å²) in [6, 6.07) is 10.3. The summed E-state index contributed by atoms with van der Waals surface area (Å²) in [6.45, 7) is 2.78. The maximum atomic E-state index is 12.1. The van der Waals surface area contributed by atoms with Gasteiger partial charge in [-0.05, 0) is 31.4 Å². The van der Waals surface area contributed by atoms with Gasteiger partial charge in [-0.15, -0.1) is 0 Å². The van der Waals surface area contributed by atoms with Gasteiger partial charge in [-0.25, -0.2) is 4.79 Å². The number of carboxylic acids is 1. The van der Waals surface area contributed by atoms with Gasteiger partial charge < -0.3 is 20.6 Å². The van der Waals surface area contributed by atoms with E-state index in [0.29, 0.717) is 5.92 Å². The first-order chi connectivity index (χ1) is 11.5. The zero-order chi connectivity index (χ0) is 16.9. The molecule has 2 unspecified atom stereocenters. The molecule has 0 bridgehead atoms. The molecular weight excluding hydrogens is 306 g/mol. The number of amides is 2. The second-order valence-corrected chi connectivity index (χ2v) is 7.23. The molecule has 3 N–H and O–H groups in total. The molecule has 2 aliphatic carbocycles. The van der Waals surface area contributed by atoms with Crippen LogP contribution in [0.1, 0.15) is 31.7 Å². The van der Waals surface area contributed by atoms with Crippen LogP contribution in [0, 0.1) is 5.92 Å². The van der Waals surface area contributed by atoms with E-state index < -0.39 is 5.97 Å². The van der Waals surface area contributed by atoms with E-state index in [4.69, 9.17) is 5.11 Å². The molecule has 0 aromatic heterocycles. The summed E-state index contributed by atoms with van der Waals surface area (Å²) in [5.41, 5.74) is 0.985. The summed E-state index contributed by atoms with van der Waals surface area (Å²) in [5, 5.41) is 15.9. The first kappa shape index (κ1) is 15.4. The molecule has 1 aromatic rings. The van der Waals surface area contributed by atoms with Gasteiger partial charge in [0.2, 0.25) is 0 Å². The molecule has 24 heavy (non-hydrogen) atoms. The molecule has 128 valence electrons. The normalized spacial score (nSPS) is 36.7. The number of carboxylic acid groups (broad SMARTS) is 1. The molecule has 6 heteroatoms. The minimum Gasteiger partial charge on any atom is -0.480 e. The molecule has 2 amide bonds. The number of nitrogens with zero attached hydrogens (tertiary/aromatic N) is 1. The van der Waals surface area contributed by atoms with Crippen LogP contribution in [-0.4, -0.2) is 46.7 Å². The number of carbonyl (C=O) groups is 2. The van der Waals surface area contributed by atoms with E-state index in [9.17, 15) is 9.59 Å². The van der Waals surface area contributed by atoms with Crippen molar-refractivity contribution >= 4 is 12.0 Å². The Labute approximate surface area is 141 Å². The van der Waals surface area contributed by atoms with Crippen LogP contribution in [0.25, 0.3) is 0 Å². The third kappa shape index (κ3) is 2.05. The third-order valence-corrected chi connectivity index (χ3v) is 6.08. The fourth-order valence-electron chi connectivity index (χ4n) is 5.08. The molecule has 1 aliphatic heterocycles. The van der Waals surface area contributed by atoms with Gasteiger partial charge in [0.05, 0.1) is 11.6 Å². The predicted molar refractivity (Wildman–Crippen MR) is 88.5 cm³/mol. The Morgan fingerprint density at radius 1 is 1.38 bits per heavy atom. The van der Waals surface area contributed by atoms with Crippen molar-refractivity contribution in [3.05, 3.63) is 35.9 Å². The van der Waals surface area contributed by atoms with Crippen LogP contribution in [0.4, 0.5) is 4.79 Å². The van der Waals surface area contributed by atoms with Crippen LogP contribution in [0.5, 0.6) is 0 Å². The zero-order valence-corrected chi connectivity index (χ0v) is 13.8. The van der Waals surface area contributed by atoms with E-state index in [2.05, 4.69) is 41.8 Å². The fourth-order valence-corrected chi connectivity index (χ4v) is 5.08. The van der Waals surface area contributed by atoms with Crippen molar-refractivity contribution in [3.63, 3.8) is 0 Å². The molecule has 1 aromatic carbocycles.